The molecule has 1 aliphatic heterocycles. The first-order chi connectivity index (χ1) is 11.2. The van der Waals surface area contributed by atoms with Gasteiger partial charge in [0.2, 0.25) is 11.8 Å². The molecule has 1 aromatic rings. The van der Waals surface area contributed by atoms with Crippen molar-refractivity contribution < 1.29 is 9.59 Å². The van der Waals surface area contributed by atoms with Crippen LogP contribution in [-0.2, 0) is 16.0 Å². The largest absolute Gasteiger partial charge is 0.353 e. The van der Waals surface area contributed by atoms with Crippen LogP contribution in [0.5, 0.6) is 0 Å². The highest BCUT2D eigenvalue weighted by atomic mass is 16.2. The van der Waals surface area contributed by atoms with E-state index in [2.05, 4.69) is 24.4 Å². The van der Waals surface area contributed by atoms with Crippen molar-refractivity contribution in [1.29, 1.82) is 0 Å². The highest BCUT2D eigenvalue weighted by molar-refractivity contribution is 6.09. The average Bonchev–Trinajstić information content (AvgIpc) is 2.97. The molecule has 0 spiro atoms. The number of carbonyl (C=O) groups excluding carboxylic acids is 2. The Morgan fingerprint density at radius 3 is 2.48 bits per heavy atom. The van der Waals surface area contributed by atoms with E-state index in [1.807, 2.05) is 12.1 Å². The predicted molar refractivity (Wildman–Crippen MR) is 91.3 cm³/mol. The lowest BCUT2D eigenvalue weighted by molar-refractivity contribution is -0.132. The zero-order valence-electron chi connectivity index (χ0n) is 13.9. The second-order valence-corrected chi connectivity index (χ2v) is 6.69. The standard InChI is InChI=1S/C19H26N2O2/c1-2-14-8-10-16(11-9-14)21-13-12-17(19(21)23)18(22)20-15-6-4-3-5-7-15/h8-11,15,17H,2-7,12-13H2,1H3,(H,20,22)/t17-/m1/s1. The van der Waals surface area contributed by atoms with Crippen molar-refractivity contribution in [3.05, 3.63) is 29.8 Å². The maximum absolute atomic E-state index is 12.6. The number of carbonyl (C=O) groups is 2. The van der Waals surface area contributed by atoms with Crippen LogP contribution >= 0.6 is 0 Å². The van der Waals surface area contributed by atoms with E-state index in [4.69, 9.17) is 0 Å². The van der Waals surface area contributed by atoms with Crippen LogP contribution in [0.2, 0.25) is 0 Å². The molecule has 0 bridgehead atoms. The fraction of sp³-hybridized carbons (Fsp3) is 0.579. The number of nitrogens with one attached hydrogen (secondary N) is 1. The summed E-state index contributed by atoms with van der Waals surface area (Å²) in [6.07, 6.45) is 7.33. The lowest BCUT2D eigenvalue weighted by Gasteiger charge is -2.24. The van der Waals surface area contributed by atoms with Crippen molar-refractivity contribution in [2.75, 3.05) is 11.4 Å². The molecule has 23 heavy (non-hydrogen) atoms. The van der Waals surface area contributed by atoms with E-state index >= 15 is 0 Å². The smallest absolute Gasteiger partial charge is 0.239 e. The average molecular weight is 314 g/mol. The van der Waals surface area contributed by atoms with Crippen molar-refractivity contribution in [1.82, 2.24) is 5.32 Å². The Hall–Kier alpha value is -1.84. The van der Waals surface area contributed by atoms with Crippen LogP contribution in [0.3, 0.4) is 0 Å². The van der Waals surface area contributed by atoms with E-state index in [9.17, 15) is 9.59 Å². The Morgan fingerprint density at radius 1 is 1.13 bits per heavy atom. The van der Waals surface area contributed by atoms with Gasteiger partial charge in [-0.05, 0) is 43.4 Å². The van der Waals surface area contributed by atoms with Gasteiger partial charge in [-0.15, -0.1) is 0 Å². The SMILES string of the molecule is CCc1ccc(N2CC[C@H](C(=O)NC3CCCCC3)C2=O)cc1. The first-order valence-corrected chi connectivity index (χ1v) is 8.89. The summed E-state index contributed by atoms with van der Waals surface area (Å²) >= 11 is 0. The van der Waals surface area contributed by atoms with E-state index in [-0.39, 0.29) is 17.9 Å². The van der Waals surface area contributed by atoms with Crippen molar-refractivity contribution in [3.63, 3.8) is 0 Å². The maximum Gasteiger partial charge on any atom is 0.239 e. The van der Waals surface area contributed by atoms with Gasteiger partial charge in [-0.3, -0.25) is 9.59 Å². The topological polar surface area (TPSA) is 49.4 Å². The minimum Gasteiger partial charge on any atom is -0.353 e. The van der Waals surface area contributed by atoms with Gasteiger partial charge in [0.15, 0.2) is 0 Å². The second kappa shape index (κ2) is 7.16. The monoisotopic (exact) mass is 314 g/mol. The molecule has 0 unspecified atom stereocenters. The molecule has 1 heterocycles. The summed E-state index contributed by atoms with van der Waals surface area (Å²) in [7, 11) is 0. The Bertz CT molecular complexity index is 561. The molecule has 1 N–H and O–H groups in total. The zero-order chi connectivity index (χ0) is 16.2. The molecule has 2 fully saturated rings. The third-order valence-electron chi connectivity index (χ3n) is 5.13. The molecule has 1 saturated heterocycles. The third kappa shape index (κ3) is 3.57. The van der Waals surface area contributed by atoms with Gasteiger partial charge in [0.1, 0.15) is 5.92 Å². The van der Waals surface area contributed by atoms with Crippen LogP contribution in [0, 0.1) is 5.92 Å². The van der Waals surface area contributed by atoms with Gasteiger partial charge in [0.25, 0.3) is 0 Å². The van der Waals surface area contributed by atoms with Crippen LogP contribution in [-0.4, -0.2) is 24.4 Å². The minimum atomic E-state index is -0.511. The molecular weight excluding hydrogens is 288 g/mol. The summed E-state index contributed by atoms with van der Waals surface area (Å²) in [6, 6.07) is 8.34. The molecule has 4 heteroatoms. The summed E-state index contributed by atoms with van der Waals surface area (Å²) in [6.45, 7) is 2.74. The van der Waals surface area contributed by atoms with Crippen molar-refractivity contribution >= 4 is 17.5 Å². The first kappa shape index (κ1) is 16.0. The predicted octanol–water partition coefficient (Wildman–Crippen LogP) is 3.05. The molecule has 124 valence electrons. The van der Waals surface area contributed by atoms with Gasteiger partial charge >= 0.3 is 0 Å². The molecule has 4 nitrogen and oxygen atoms in total. The second-order valence-electron chi connectivity index (χ2n) is 6.69. The molecule has 1 aromatic carbocycles. The van der Waals surface area contributed by atoms with Crippen LogP contribution in [0.15, 0.2) is 24.3 Å². The number of rotatable bonds is 4. The van der Waals surface area contributed by atoms with Crippen molar-refractivity contribution in [2.45, 2.75) is 57.9 Å². The maximum atomic E-state index is 12.6. The Balaban J connectivity index is 1.62. The minimum absolute atomic E-state index is 0.0532. The van der Waals surface area contributed by atoms with E-state index in [1.165, 1.54) is 24.8 Å². The Labute approximate surface area is 138 Å². The number of aryl methyl sites for hydroxylation is 1. The van der Waals surface area contributed by atoms with Crippen LogP contribution < -0.4 is 10.2 Å². The van der Waals surface area contributed by atoms with Crippen molar-refractivity contribution in [2.24, 2.45) is 5.92 Å². The molecular formula is C19H26N2O2. The van der Waals surface area contributed by atoms with E-state index in [0.29, 0.717) is 13.0 Å². The van der Waals surface area contributed by atoms with Crippen LogP contribution in [0.4, 0.5) is 5.69 Å². The number of benzene rings is 1. The van der Waals surface area contributed by atoms with E-state index < -0.39 is 5.92 Å². The van der Waals surface area contributed by atoms with Gasteiger partial charge < -0.3 is 10.2 Å². The van der Waals surface area contributed by atoms with Gasteiger partial charge in [0, 0.05) is 18.3 Å². The summed E-state index contributed by atoms with van der Waals surface area (Å²) in [5, 5.41) is 3.10. The molecule has 1 atom stereocenters. The number of hydrogen-bond donors (Lipinski definition) is 1. The number of hydrogen-bond acceptors (Lipinski definition) is 2. The van der Waals surface area contributed by atoms with Gasteiger partial charge in [-0.1, -0.05) is 38.3 Å². The normalized spacial score (nSPS) is 22.4. The summed E-state index contributed by atoms with van der Waals surface area (Å²) < 4.78 is 0. The highest BCUT2D eigenvalue weighted by Crippen LogP contribution is 2.26. The molecule has 0 aromatic heterocycles. The highest BCUT2D eigenvalue weighted by Gasteiger charge is 2.38. The van der Waals surface area contributed by atoms with Crippen LogP contribution in [0.1, 0.15) is 51.0 Å². The Kier molecular flexibility index (Phi) is 4.99. The fourth-order valence-corrected chi connectivity index (χ4v) is 3.64. The molecule has 1 aliphatic carbocycles. The lowest BCUT2D eigenvalue weighted by Crippen LogP contribution is -2.42. The van der Waals surface area contributed by atoms with Crippen LogP contribution in [0.25, 0.3) is 0 Å². The Morgan fingerprint density at radius 2 is 1.83 bits per heavy atom. The summed E-state index contributed by atoms with van der Waals surface area (Å²) in [4.78, 5) is 26.8. The quantitative estimate of drug-likeness (QED) is 0.868. The number of amides is 2. The lowest BCUT2D eigenvalue weighted by atomic mass is 9.94. The zero-order valence-corrected chi connectivity index (χ0v) is 13.9. The van der Waals surface area contributed by atoms with Gasteiger partial charge in [0.05, 0.1) is 0 Å². The molecule has 2 aliphatic rings. The third-order valence-corrected chi connectivity index (χ3v) is 5.13. The van der Waals surface area contributed by atoms with E-state index in [0.717, 1.165) is 24.9 Å². The fourth-order valence-electron chi connectivity index (χ4n) is 3.64. The van der Waals surface area contributed by atoms with E-state index in [1.54, 1.807) is 4.90 Å². The molecule has 3 rings (SSSR count). The molecule has 1 saturated carbocycles. The summed E-state index contributed by atoms with van der Waals surface area (Å²) in [5.74, 6) is -0.639. The number of nitrogens with zero attached hydrogens (tertiary/aromatic N) is 1. The van der Waals surface area contributed by atoms with Gasteiger partial charge in [-0.2, -0.15) is 0 Å². The molecule has 2 amide bonds. The summed E-state index contributed by atoms with van der Waals surface area (Å²) in [5.41, 5.74) is 2.16. The number of anilines is 1. The van der Waals surface area contributed by atoms with Gasteiger partial charge in [-0.25, -0.2) is 0 Å². The van der Waals surface area contributed by atoms with Crippen molar-refractivity contribution in [3.8, 4) is 0 Å². The first-order valence-electron chi connectivity index (χ1n) is 8.89. The molecule has 0 radical (unpaired) electrons.